The Morgan fingerprint density at radius 3 is 2.24 bits per heavy atom. The number of rotatable bonds is 14. The van der Waals surface area contributed by atoms with Gasteiger partial charge in [-0.25, -0.2) is 4.79 Å². The third kappa shape index (κ3) is 9.65. The van der Waals surface area contributed by atoms with E-state index in [1.165, 1.54) is 24.3 Å². The van der Waals surface area contributed by atoms with Gasteiger partial charge in [0.1, 0.15) is 6.04 Å². The molecule has 3 aromatic rings. The Hall–Kier alpha value is -5.19. The van der Waals surface area contributed by atoms with Gasteiger partial charge in [-0.2, -0.15) is 28.1 Å². The number of hydrogen-bond acceptors (Lipinski definition) is 10. The maximum Gasteiger partial charge on any atom is 0.422 e. The van der Waals surface area contributed by atoms with Gasteiger partial charge in [0.2, 0.25) is 11.9 Å². The summed E-state index contributed by atoms with van der Waals surface area (Å²) in [6.45, 7) is -1.65. The summed E-state index contributed by atoms with van der Waals surface area (Å²) < 4.78 is 43.3. The van der Waals surface area contributed by atoms with E-state index in [1.807, 2.05) is 12.1 Å². The molecule has 0 aliphatic heterocycles. The number of primary amides is 1. The highest BCUT2D eigenvalue weighted by molar-refractivity contribution is 6.34. The van der Waals surface area contributed by atoms with E-state index < -0.39 is 54.1 Å². The lowest BCUT2D eigenvalue weighted by Gasteiger charge is -2.19. The largest absolute Gasteiger partial charge is 0.480 e. The molecule has 1 aliphatic rings. The molecule has 244 valence electrons. The monoisotopic (exact) mass is 664 g/mol. The van der Waals surface area contributed by atoms with Crippen LogP contribution in [0.2, 0.25) is 5.02 Å². The lowest BCUT2D eigenvalue weighted by Crippen LogP contribution is -2.42. The van der Waals surface area contributed by atoms with Gasteiger partial charge in [0.15, 0.2) is 6.61 Å². The predicted molar refractivity (Wildman–Crippen MR) is 157 cm³/mol. The molecule has 1 saturated carbocycles. The van der Waals surface area contributed by atoms with E-state index in [-0.39, 0.29) is 36.8 Å². The normalized spacial score (nSPS) is 14.0. The van der Waals surface area contributed by atoms with Gasteiger partial charge < -0.3 is 36.8 Å². The van der Waals surface area contributed by atoms with Gasteiger partial charge in [0.25, 0.3) is 5.91 Å². The second-order valence-electron chi connectivity index (χ2n) is 10.2. The van der Waals surface area contributed by atoms with Crippen LogP contribution >= 0.6 is 11.6 Å². The van der Waals surface area contributed by atoms with Crippen molar-refractivity contribution in [3.8, 4) is 6.01 Å². The van der Waals surface area contributed by atoms with Crippen LogP contribution in [0.4, 0.5) is 30.8 Å². The molecule has 3 amide bonds. The molecule has 0 unspecified atom stereocenters. The lowest BCUT2D eigenvalue weighted by atomic mass is 10.1. The fourth-order valence-corrected chi connectivity index (χ4v) is 4.33. The summed E-state index contributed by atoms with van der Waals surface area (Å²) in [5, 5.41) is 20.6. The van der Waals surface area contributed by atoms with Crippen LogP contribution in [0.25, 0.3) is 0 Å². The number of carbonyl (C=O) groups excluding carboxylic acids is 3. The molecule has 7 N–H and O–H groups in total. The maximum atomic E-state index is 12.8. The van der Waals surface area contributed by atoms with E-state index in [4.69, 9.17) is 22.1 Å². The van der Waals surface area contributed by atoms with Crippen molar-refractivity contribution in [1.82, 2.24) is 25.6 Å². The predicted octanol–water partition coefficient (Wildman–Crippen LogP) is 2.88. The first kappa shape index (κ1) is 33.7. The molecule has 0 saturated heterocycles. The molecule has 1 aliphatic carbocycles. The summed E-state index contributed by atoms with van der Waals surface area (Å²) in [5.41, 5.74) is 5.61. The number of nitrogens with two attached hydrogens (primary N) is 1. The number of alkyl halides is 3. The highest BCUT2D eigenvalue weighted by Crippen LogP contribution is 2.48. The topological polar surface area (TPSA) is 211 Å². The molecule has 0 bridgehead atoms. The van der Waals surface area contributed by atoms with Crippen molar-refractivity contribution in [2.45, 2.75) is 43.4 Å². The minimum atomic E-state index is -4.63. The SMILES string of the molecule is NC(=O)C(=O)NCCC[C@H](NC(=O)c1ccc(Nc2nc(NC3(c4ccc(Cl)cc4)CC3)nc(OCC(F)(F)F)n2)cc1)C(=O)O. The Morgan fingerprint density at radius 2 is 1.65 bits per heavy atom. The van der Waals surface area contributed by atoms with E-state index in [0.29, 0.717) is 23.6 Å². The van der Waals surface area contributed by atoms with Gasteiger partial charge in [0.05, 0.1) is 5.54 Å². The van der Waals surface area contributed by atoms with E-state index >= 15 is 0 Å². The number of anilines is 3. The number of nitrogens with one attached hydrogen (secondary N) is 4. The molecule has 1 fully saturated rings. The zero-order chi connectivity index (χ0) is 33.5. The van der Waals surface area contributed by atoms with Crippen molar-refractivity contribution in [2.75, 3.05) is 23.8 Å². The van der Waals surface area contributed by atoms with Gasteiger partial charge in [-0.3, -0.25) is 14.4 Å². The third-order valence-electron chi connectivity index (χ3n) is 6.66. The van der Waals surface area contributed by atoms with Crippen molar-refractivity contribution in [3.63, 3.8) is 0 Å². The van der Waals surface area contributed by atoms with Crippen LogP contribution in [0.3, 0.4) is 0 Å². The standard InChI is InChI=1S/C28H28ClF3N8O6/c29-17-7-5-16(6-8-17)27(11-12-27)40-25-37-24(38-26(39-25)46-14-28(30,31)32)35-18-9-3-15(4-10-18)21(42)36-19(23(44)45)2-1-13-34-22(43)20(33)41/h3-10,19H,1-2,11-14H2,(H2,33,41)(H,34,43)(H,36,42)(H,44,45)(H2,35,37,38,39,40)/t19-/m0/s1. The molecule has 1 atom stereocenters. The second kappa shape index (κ2) is 14.3. The van der Waals surface area contributed by atoms with Crippen molar-refractivity contribution in [2.24, 2.45) is 5.73 Å². The van der Waals surface area contributed by atoms with Crippen molar-refractivity contribution in [3.05, 3.63) is 64.7 Å². The number of halogens is 4. The molecule has 1 heterocycles. The molecule has 4 rings (SSSR count). The fraction of sp³-hybridized carbons (Fsp3) is 0.321. The Morgan fingerprint density at radius 1 is 1.00 bits per heavy atom. The molecule has 2 aromatic carbocycles. The number of benzene rings is 2. The van der Waals surface area contributed by atoms with Crippen LogP contribution in [0.15, 0.2) is 48.5 Å². The average molecular weight is 665 g/mol. The Labute approximate surface area is 264 Å². The molecular weight excluding hydrogens is 637 g/mol. The summed E-state index contributed by atoms with van der Waals surface area (Å²) in [6, 6.07) is 10.9. The van der Waals surface area contributed by atoms with E-state index in [1.54, 1.807) is 12.1 Å². The van der Waals surface area contributed by atoms with Crippen LogP contribution < -0.4 is 31.7 Å². The quantitative estimate of drug-likeness (QED) is 0.109. The Kier molecular flexibility index (Phi) is 10.5. The number of carbonyl (C=O) groups is 4. The molecule has 18 heteroatoms. The second-order valence-corrected chi connectivity index (χ2v) is 10.6. The van der Waals surface area contributed by atoms with Crippen LogP contribution in [-0.2, 0) is 19.9 Å². The summed E-state index contributed by atoms with van der Waals surface area (Å²) in [5.74, 6) is -4.37. The third-order valence-corrected chi connectivity index (χ3v) is 6.92. The first-order chi connectivity index (χ1) is 21.7. The van der Waals surface area contributed by atoms with Gasteiger partial charge in [-0.05, 0) is 67.6 Å². The summed E-state index contributed by atoms with van der Waals surface area (Å²) in [6.07, 6.45) is -3.13. The van der Waals surface area contributed by atoms with Gasteiger partial charge in [0, 0.05) is 22.8 Å². The number of ether oxygens (including phenoxy) is 1. The highest BCUT2D eigenvalue weighted by Gasteiger charge is 2.45. The van der Waals surface area contributed by atoms with Crippen molar-refractivity contribution in [1.29, 1.82) is 0 Å². The first-order valence-electron chi connectivity index (χ1n) is 13.7. The molecule has 14 nitrogen and oxygen atoms in total. The minimum absolute atomic E-state index is 0.0266. The van der Waals surface area contributed by atoms with Crippen molar-refractivity contribution < 1.29 is 42.2 Å². The van der Waals surface area contributed by atoms with Gasteiger partial charge in [-0.1, -0.05) is 23.7 Å². The maximum absolute atomic E-state index is 12.8. The summed E-state index contributed by atoms with van der Waals surface area (Å²) >= 11 is 5.99. The summed E-state index contributed by atoms with van der Waals surface area (Å²) in [7, 11) is 0. The average Bonchev–Trinajstić information content (AvgIpc) is 3.77. The highest BCUT2D eigenvalue weighted by atomic mass is 35.5. The number of carboxylic acids is 1. The Bertz CT molecular complexity index is 1590. The molecule has 46 heavy (non-hydrogen) atoms. The fourth-order valence-electron chi connectivity index (χ4n) is 4.20. The molecule has 1 aromatic heterocycles. The molecule has 0 radical (unpaired) electrons. The van der Waals surface area contributed by atoms with E-state index in [0.717, 1.165) is 5.56 Å². The first-order valence-corrected chi connectivity index (χ1v) is 14.1. The Balaban J connectivity index is 1.43. The van der Waals surface area contributed by atoms with Crippen LogP contribution in [0.1, 0.15) is 41.6 Å². The number of aromatic nitrogens is 3. The smallest absolute Gasteiger partial charge is 0.422 e. The van der Waals surface area contributed by atoms with Crippen LogP contribution in [0, 0.1) is 0 Å². The molecular formula is C28H28ClF3N8O6. The minimum Gasteiger partial charge on any atom is -0.480 e. The number of amides is 3. The van der Waals surface area contributed by atoms with Gasteiger partial charge >= 0.3 is 30.0 Å². The molecule has 0 spiro atoms. The zero-order valence-corrected chi connectivity index (χ0v) is 24.6. The number of nitrogens with zero attached hydrogens (tertiary/aromatic N) is 3. The number of aliphatic carboxylic acids is 1. The summed E-state index contributed by atoms with van der Waals surface area (Å²) in [4.78, 5) is 58.5. The van der Waals surface area contributed by atoms with E-state index in [2.05, 4.69) is 36.2 Å². The number of carboxylic acid groups (broad SMARTS) is 1. The van der Waals surface area contributed by atoms with Crippen LogP contribution in [0.5, 0.6) is 6.01 Å². The van der Waals surface area contributed by atoms with E-state index in [9.17, 15) is 37.5 Å². The van der Waals surface area contributed by atoms with Crippen LogP contribution in [-0.4, -0.2) is 69.1 Å². The zero-order valence-electron chi connectivity index (χ0n) is 23.9. The lowest BCUT2D eigenvalue weighted by molar-refractivity contribution is -0.154. The number of hydrogen-bond donors (Lipinski definition) is 6. The van der Waals surface area contributed by atoms with Gasteiger partial charge in [-0.15, -0.1) is 0 Å². The van der Waals surface area contributed by atoms with Crippen molar-refractivity contribution >= 4 is 52.9 Å².